The number of nitrogens with one attached hydrogen (secondary N) is 1. The summed E-state index contributed by atoms with van der Waals surface area (Å²) in [6.07, 6.45) is 0. The normalized spacial score (nSPS) is 16.4. The number of carboxylic acids is 1. The summed E-state index contributed by atoms with van der Waals surface area (Å²) in [7, 11) is 1.52. The first kappa shape index (κ1) is 14.3. The Balaban J connectivity index is 2.13. The maximum Gasteiger partial charge on any atom is 0.323 e. The molecule has 6 nitrogen and oxygen atoms in total. The van der Waals surface area contributed by atoms with E-state index in [2.05, 4.69) is 5.32 Å². The Labute approximate surface area is 117 Å². The van der Waals surface area contributed by atoms with E-state index in [1.165, 1.54) is 12.0 Å². The highest BCUT2D eigenvalue weighted by Gasteiger charge is 2.32. The minimum absolute atomic E-state index is 0.179. The Hall–Kier alpha value is -2.08. The van der Waals surface area contributed by atoms with Gasteiger partial charge in [0, 0.05) is 25.9 Å². The predicted octanol–water partition coefficient (Wildman–Crippen LogP) is 0.755. The standard InChI is InChI=1S/C14H18N2O4/c1-20-7-6-16(9-13(17)18)14(19)11-8-15-12-5-3-2-4-10(11)12/h2-5,11,15H,6-9H2,1H3,(H,17,18). The molecule has 108 valence electrons. The molecule has 0 spiro atoms. The van der Waals surface area contributed by atoms with Crippen LogP contribution >= 0.6 is 0 Å². The van der Waals surface area contributed by atoms with Crippen molar-refractivity contribution in [1.29, 1.82) is 0 Å². The Morgan fingerprint density at radius 1 is 1.45 bits per heavy atom. The fourth-order valence-corrected chi connectivity index (χ4v) is 2.36. The van der Waals surface area contributed by atoms with Crippen LogP contribution in [0.4, 0.5) is 5.69 Å². The van der Waals surface area contributed by atoms with Gasteiger partial charge in [-0.25, -0.2) is 0 Å². The van der Waals surface area contributed by atoms with Crippen LogP contribution in [-0.4, -0.2) is 55.2 Å². The lowest BCUT2D eigenvalue weighted by Gasteiger charge is -2.23. The molecule has 0 aromatic heterocycles. The molecule has 1 unspecified atom stereocenters. The molecule has 1 aromatic rings. The first-order chi connectivity index (χ1) is 9.63. The van der Waals surface area contributed by atoms with Crippen molar-refractivity contribution in [3.8, 4) is 0 Å². The molecule has 20 heavy (non-hydrogen) atoms. The van der Waals surface area contributed by atoms with Crippen molar-refractivity contribution in [1.82, 2.24) is 4.90 Å². The van der Waals surface area contributed by atoms with Crippen molar-refractivity contribution in [2.45, 2.75) is 5.92 Å². The number of amides is 1. The summed E-state index contributed by atoms with van der Waals surface area (Å²) in [5.74, 6) is -1.53. The third-order valence-corrected chi connectivity index (χ3v) is 3.33. The fourth-order valence-electron chi connectivity index (χ4n) is 2.36. The van der Waals surface area contributed by atoms with Gasteiger partial charge in [0.25, 0.3) is 0 Å². The van der Waals surface area contributed by atoms with E-state index < -0.39 is 5.97 Å². The maximum atomic E-state index is 12.5. The maximum absolute atomic E-state index is 12.5. The lowest BCUT2D eigenvalue weighted by molar-refractivity contribution is -0.145. The van der Waals surface area contributed by atoms with E-state index in [4.69, 9.17) is 9.84 Å². The largest absolute Gasteiger partial charge is 0.480 e. The van der Waals surface area contributed by atoms with Crippen LogP contribution in [0, 0.1) is 0 Å². The van der Waals surface area contributed by atoms with Crippen LogP contribution in [0.1, 0.15) is 11.5 Å². The molecule has 1 amide bonds. The zero-order valence-electron chi connectivity index (χ0n) is 11.3. The van der Waals surface area contributed by atoms with Gasteiger partial charge in [-0.1, -0.05) is 18.2 Å². The Kier molecular flexibility index (Phi) is 4.57. The van der Waals surface area contributed by atoms with Crippen LogP contribution in [0.15, 0.2) is 24.3 Å². The molecule has 1 atom stereocenters. The molecule has 1 heterocycles. The molecule has 0 fully saturated rings. The predicted molar refractivity (Wildman–Crippen MR) is 73.8 cm³/mol. The number of aliphatic carboxylic acids is 1. The SMILES string of the molecule is COCCN(CC(=O)O)C(=O)C1CNc2ccccc21. The minimum atomic E-state index is -1.02. The van der Waals surface area contributed by atoms with Gasteiger partial charge in [0.2, 0.25) is 5.91 Å². The highest BCUT2D eigenvalue weighted by molar-refractivity contribution is 5.90. The van der Waals surface area contributed by atoms with Gasteiger partial charge < -0.3 is 20.1 Å². The van der Waals surface area contributed by atoms with E-state index in [-0.39, 0.29) is 24.9 Å². The van der Waals surface area contributed by atoms with E-state index in [9.17, 15) is 9.59 Å². The number of carbonyl (C=O) groups excluding carboxylic acids is 1. The fraction of sp³-hybridized carbons (Fsp3) is 0.429. The summed E-state index contributed by atoms with van der Waals surface area (Å²) in [6, 6.07) is 7.59. The zero-order valence-corrected chi connectivity index (χ0v) is 11.3. The van der Waals surface area contributed by atoms with Crippen LogP contribution in [-0.2, 0) is 14.3 Å². The molecule has 1 aromatic carbocycles. The van der Waals surface area contributed by atoms with Gasteiger partial charge in [-0.05, 0) is 11.6 Å². The van der Waals surface area contributed by atoms with Crippen LogP contribution in [0.3, 0.4) is 0 Å². The van der Waals surface area contributed by atoms with Crippen molar-refractivity contribution >= 4 is 17.6 Å². The Morgan fingerprint density at radius 2 is 2.20 bits per heavy atom. The number of rotatable bonds is 6. The van der Waals surface area contributed by atoms with Gasteiger partial charge in [-0.3, -0.25) is 9.59 Å². The summed E-state index contributed by atoms with van der Waals surface area (Å²) >= 11 is 0. The zero-order chi connectivity index (χ0) is 14.5. The van der Waals surface area contributed by atoms with Crippen LogP contribution in [0.25, 0.3) is 0 Å². The molecule has 0 radical (unpaired) electrons. The summed E-state index contributed by atoms with van der Waals surface area (Å²) in [4.78, 5) is 24.7. The van der Waals surface area contributed by atoms with Crippen molar-refractivity contribution in [2.75, 3.05) is 38.7 Å². The number of methoxy groups -OCH3 is 1. The monoisotopic (exact) mass is 278 g/mol. The molecule has 0 saturated heterocycles. The molecule has 0 saturated carbocycles. The van der Waals surface area contributed by atoms with Gasteiger partial charge in [0.1, 0.15) is 6.54 Å². The molecule has 2 rings (SSSR count). The first-order valence-electron chi connectivity index (χ1n) is 6.45. The second-order valence-corrected chi connectivity index (χ2v) is 4.67. The molecule has 1 aliphatic rings. The number of fused-ring (bicyclic) bond motifs is 1. The van der Waals surface area contributed by atoms with E-state index in [1.54, 1.807) is 0 Å². The van der Waals surface area contributed by atoms with E-state index in [0.29, 0.717) is 13.2 Å². The summed E-state index contributed by atoms with van der Waals surface area (Å²) < 4.78 is 4.93. The first-order valence-corrected chi connectivity index (χ1v) is 6.45. The van der Waals surface area contributed by atoms with Crippen molar-refractivity contribution < 1.29 is 19.4 Å². The molecule has 2 N–H and O–H groups in total. The van der Waals surface area contributed by atoms with Crippen molar-refractivity contribution in [3.63, 3.8) is 0 Å². The van der Waals surface area contributed by atoms with Crippen LogP contribution in [0.5, 0.6) is 0 Å². The van der Waals surface area contributed by atoms with Gasteiger partial charge in [-0.2, -0.15) is 0 Å². The molecule has 0 aliphatic carbocycles. The number of nitrogens with zero attached hydrogens (tertiary/aromatic N) is 1. The van der Waals surface area contributed by atoms with Crippen molar-refractivity contribution in [2.24, 2.45) is 0 Å². The van der Waals surface area contributed by atoms with E-state index in [1.807, 2.05) is 24.3 Å². The highest BCUT2D eigenvalue weighted by atomic mass is 16.5. The van der Waals surface area contributed by atoms with Crippen LogP contribution in [0.2, 0.25) is 0 Å². The Morgan fingerprint density at radius 3 is 2.90 bits per heavy atom. The van der Waals surface area contributed by atoms with E-state index >= 15 is 0 Å². The van der Waals surface area contributed by atoms with Crippen LogP contribution < -0.4 is 5.32 Å². The smallest absolute Gasteiger partial charge is 0.323 e. The third kappa shape index (κ3) is 3.08. The minimum Gasteiger partial charge on any atom is -0.480 e. The van der Waals surface area contributed by atoms with Gasteiger partial charge in [-0.15, -0.1) is 0 Å². The summed E-state index contributed by atoms with van der Waals surface area (Å²) in [5.41, 5.74) is 1.86. The van der Waals surface area contributed by atoms with E-state index in [0.717, 1.165) is 11.3 Å². The molecule has 1 aliphatic heterocycles. The quantitative estimate of drug-likeness (QED) is 0.803. The molecule has 0 bridgehead atoms. The number of carboxylic acid groups (broad SMARTS) is 1. The highest BCUT2D eigenvalue weighted by Crippen LogP contribution is 2.32. The van der Waals surface area contributed by atoms with Crippen molar-refractivity contribution in [3.05, 3.63) is 29.8 Å². The van der Waals surface area contributed by atoms with Gasteiger partial charge in [0.15, 0.2) is 0 Å². The second-order valence-electron chi connectivity index (χ2n) is 4.67. The lowest BCUT2D eigenvalue weighted by atomic mass is 10.00. The number of para-hydroxylation sites is 1. The average molecular weight is 278 g/mol. The molecule has 6 heteroatoms. The number of anilines is 1. The third-order valence-electron chi connectivity index (χ3n) is 3.33. The Bertz CT molecular complexity index is 504. The molecular formula is C14H18N2O4. The topological polar surface area (TPSA) is 78.9 Å². The number of hydrogen-bond donors (Lipinski definition) is 2. The molecular weight excluding hydrogens is 260 g/mol. The summed E-state index contributed by atoms with van der Waals surface area (Å²) in [6.45, 7) is 0.795. The second kappa shape index (κ2) is 6.38. The number of ether oxygens (including phenoxy) is 1. The number of hydrogen-bond acceptors (Lipinski definition) is 4. The van der Waals surface area contributed by atoms with Gasteiger partial charge in [0.05, 0.1) is 12.5 Å². The van der Waals surface area contributed by atoms with Gasteiger partial charge >= 0.3 is 5.97 Å². The summed E-state index contributed by atoms with van der Waals surface area (Å²) in [5, 5.41) is 12.1. The number of carbonyl (C=O) groups is 2. The lowest BCUT2D eigenvalue weighted by Crippen LogP contribution is -2.41. The number of benzene rings is 1. The average Bonchev–Trinajstić information content (AvgIpc) is 2.86.